The van der Waals surface area contributed by atoms with Crippen LogP contribution in [0.5, 0.6) is 0 Å². The van der Waals surface area contributed by atoms with Crippen LogP contribution in [0.4, 0.5) is 0 Å². The summed E-state index contributed by atoms with van der Waals surface area (Å²) >= 11 is 0. The largest absolute Gasteiger partial charge is 4.00 e. The average molecular weight is 241 g/mol. The SMILES string of the molecule is O=S(=O)([O-])O.O=S(=O)([O-])[O-].[Ti+4]. The van der Waals surface area contributed by atoms with Crippen molar-refractivity contribution in [3.8, 4) is 0 Å². The van der Waals surface area contributed by atoms with Gasteiger partial charge in [0.05, 0.1) is 0 Å². The summed E-state index contributed by atoms with van der Waals surface area (Å²) in [5.74, 6) is 0. The van der Waals surface area contributed by atoms with Gasteiger partial charge in [-0.05, 0) is 0 Å². The number of rotatable bonds is 0. The van der Waals surface area contributed by atoms with Crippen LogP contribution in [0.15, 0.2) is 0 Å². The summed E-state index contributed by atoms with van der Waals surface area (Å²) < 4.78 is 66.9. The van der Waals surface area contributed by atoms with Crippen LogP contribution in [0, 0.1) is 0 Å². The zero-order chi connectivity index (χ0) is 9.00. The van der Waals surface area contributed by atoms with Gasteiger partial charge in [-0.1, -0.05) is 0 Å². The van der Waals surface area contributed by atoms with Crippen molar-refractivity contribution >= 4 is 20.8 Å². The zero-order valence-corrected chi connectivity index (χ0v) is 7.82. The van der Waals surface area contributed by atoms with Crippen molar-refractivity contribution in [3.63, 3.8) is 0 Å². The molecule has 0 bridgehead atoms. The molecular weight excluding hydrogens is 240 g/mol. The van der Waals surface area contributed by atoms with Gasteiger partial charge in [-0.25, -0.2) is 8.42 Å². The summed E-state index contributed by atoms with van der Waals surface area (Å²) in [6, 6.07) is 0. The molecule has 0 spiro atoms. The van der Waals surface area contributed by atoms with E-state index >= 15 is 0 Å². The minimum atomic E-state index is -5.17. The quantitative estimate of drug-likeness (QED) is 0.280. The van der Waals surface area contributed by atoms with Crippen LogP contribution in [0.2, 0.25) is 0 Å². The Morgan fingerprint density at radius 1 is 0.909 bits per heavy atom. The molecule has 11 heteroatoms. The summed E-state index contributed by atoms with van der Waals surface area (Å²) in [5, 5.41) is 0. The maximum atomic E-state index is 8.63. The molecule has 0 amide bonds. The third-order valence-electron chi connectivity index (χ3n) is 0. The summed E-state index contributed by atoms with van der Waals surface area (Å²) in [6.45, 7) is 0. The molecule has 0 aliphatic heterocycles. The maximum Gasteiger partial charge on any atom is 4.00 e. The van der Waals surface area contributed by atoms with Crippen molar-refractivity contribution in [1.29, 1.82) is 0 Å². The van der Waals surface area contributed by atoms with E-state index in [4.69, 9.17) is 35.0 Å². The van der Waals surface area contributed by atoms with Gasteiger partial charge in [-0.3, -0.25) is 13.0 Å². The summed E-state index contributed by atoms with van der Waals surface area (Å²) in [4.78, 5) is 0. The van der Waals surface area contributed by atoms with Crippen molar-refractivity contribution < 1.29 is 56.8 Å². The van der Waals surface area contributed by atoms with E-state index in [1.54, 1.807) is 0 Å². The Morgan fingerprint density at radius 2 is 0.909 bits per heavy atom. The monoisotopic (exact) mass is 241 g/mol. The van der Waals surface area contributed by atoms with E-state index in [-0.39, 0.29) is 21.7 Å². The molecule has 0 fully saturated rings. The molecule has 0 aromatic heterocycles. The van der Waals surface area contributed by atoms with E-state index in [1.807, 2.05) is 0 Å². The van der Waals surface area contributed by atoms with E-state index in [2.05, 4.69) is 0 Å². The van der Waals surface area contributed by atoms with Gasteiger partial charge in [0.1, 0.15) is 0 Å². The molecule has 0 aliphatic carbocycles. The van der Waals surface area contributed by atoms with Crippen molar-refractivity contribution in [1.82, 2.24) is 0 Å². The summed E-state index contributed by atoms with van der Waals surface area (Å²) in [7, 11) is -10.1. The van der Waals surface area contributed by atoms with E-state index in [9.17, 15) is 0 Å². The Bertz CT molecular complexity index is 208. The molecule has 0 aliphatic rings. The molecule has 0 saturated carbocycles. The molecule has 0 rings (SSSR count). The first kappa shape index (κ1) is 17.5. The van der Waals surface area contributed by atoms with Crippen LogP contribution in [-0.2, 0) is 42.5 Å². The van der Waals surface area contributed by atoms with Crippen LogP contribution in [0.3, 0.4) is 0 Å². The van der Waals surface area contributed by atoms with Crippen molar-refractivity contribution in [2.24, 2.45) is 0 Å². The van der Waals surface area contributed by atoms with Gasteiger partial charge in [0.15, 0.2) is 0 Å². The predicted octanol–water partition coefficient (Wildman–Crippen LogP) is -2.34. The molecule has 11 heavy (non-hydrogen) atoms. The second kappa shape index (κ2) is 6.02. The second-order valence-corrected chi connectivity index (χ2v) is 2.51. The van der Waals surface area contributed by atoms with Crippen LogP contribution < -0.4 is 0 Å². The van der Waals surface area contributed by atoms with Crippen LogP contribution >= 0.6 is 0 Å². The second-order valence-electron chi connectivity index (χ2n) is 0.836. The molecule has 0 saturated heterocycles. The first-order valence-electron chi connectivity index (χ1n) is 1.35. The Balaban J connectivity index is -0.000000107. The van der Waals surface area contributed by atoms with Gasteiger partial charge in [0.25, 0.3) is 0 Å². The van der Waals surface area contributed by atoms with Gasteiger partial charge in [-0.15, -0.1) is 0 Å². The minimum Gasteiger partial charge on any atom is -0.759 e. The molecule has 0 radical (unpaired) electrons. The van der Waals surface area contributed by atoms with Crippen LogP contribution in [0.25, 0.3) is 0 Å². The smallest absolute Gasteiger partial charge is 0.759 e. The van der Waals surface area contributed by atoms with Gasteiger partial charge < -0.3 is 13.7 Å². The third-order valence-corrected chi connectivity index (χ3v) is 0. The normalized spacial score (nSPS) is 10.5. The van der Waals surface area contributed by atoms with Crippen molar-refractivity contribution in [3.05, 3.63) is 0 Å². The molecule has 0 heterocycles. The first-order valence-corrected chi connectivity index (χ1v) is 4.05. The fourth-order valence-corrected chi connectivity index (χ4v) is 0. The molecule has 8 nitrogen and oxygen atoms in total. The van der Waals surface area contributed by atoms with Crippen LogP contribution in [-0.4, -0.2) is 35.0 Å². The minimum absolute atomic E-state index is 0. The molecule has 64 valence electrons. The first-order chi connectivity index (χ1) is 4.00. The Kier molecular flexibility index (Phi) is 9.59. The molecule has 0 aromatic rings. The number of hydrogen-bond donors (Lipinski definition) is 1. The molecule has 0 unspecified atom stereocenters. The Hall–Kier alpha value is 0.454. The standard InChI is InChI=1S/2H2O4S.Ti/c2*1-5(2,3)4;/h2*(H2,1,2,3,4);/q;;+4/p-3. The fourth-order valence-electron chi connectivity index (χ4n) is 0. The van der Waals surface area contributed by atoms with Crippen molar-refractivity contribution in [2.75, 3.05) is 0 Å². The average Bonchev–Trinajstić information content (AvgIpc) is 1.12. The van der Waals surface area contributed by atoms with Gasteiger partial charge in [-0.2, -0.15) is 0 Å². The van der Waals surface area contributed by atoms with Crippen molar-refractivity contribution in [2.45, 2.75) is 0 Å². The maximum absolute atomic E-state index is 8.63. The van der Waals surface area contributed by atoms with E-state index in [0.717, 1.165) is 0 Å². The molecule has 0 atom stereocenters. The predicted molar refractivity (Wildman–Crippen MR) is 22.8 cm³/mol. The van der Waals surface area contributed by atoms with Crippen LogP contribution in [0.1, 0.15) is 0 Å². The van der Waals surface area contributed by atoms with E-state index in [0.29, 0.717) is 0 Å². The Labute approximate surface area is 77.7 Å². The van der Waals surface area contributed by atoms with Gasteiger partial charge in [0.2, 0.25) is 10.4 Å². The van der Waals surface area contributed by atoms with E-state index < -0.39 is 20.8 Å². The van der Waals surface area contributed by atoms with E-state index in [1.165, 1.54) is 0 Å². The molecule has 1 N–H and O–H groups in total. The number of hydrogen-bond acceptors (Lipinski definition) is 7. The summed E-state index contributed by atoms with van der Waals surface area (Å²) in [6.07, 6.45) is 0. The fraction of sp³-hybridized carbons (Fsp3) is 0. The summed E-state index contributed by atoms with van der Waals surface area (Å²) in [5.41, 5.74) is 0. The third kappa shape index (κ3) is 3620. The molecule has 0 aromatic carbocycles. The Morgan fingerprint density at radius 3 is 0.909 bits per heavy atom. The van der Waals surface area contributed by atoms with Gasteiger partial charge >= 0.3 is 21.7 Å². The topological polar surface area (TPSA) is 158 Å². The van der Waals surface area contributed by atoms with Gasteiger partial charge in [0, 0.05) is 10.4 Å². The molecular formula is HO8S2Ti+. The zero-order valence-electron chi connectivity index (χ0n) is 4.62.